The first-order valence-corrected chi connectivity index (χ1v) is 9.13. The molecule has 1 fully saturated rings. The van der Waals surface area contributed by atoms with Crippen LogP contribution in [0.15, 0.2) is 34.0 Å². The van der Waals surface area contributed by atoms with Crippen molar-refractivity contribution in [3.63, 3.8) is 0 Å². The first-order chi connectivity index (χ1) is 13.5. The van der Waals surface area contributed by atoms with Crippen molar-refractivity contribution < 1.29 is 0 Å². The van der Waals surface area contributed by atoms with Crippen LogP contribution in [0, 0.1) is 11.3 Å². The standard InChI is InChI=1S/C18H16ClN7O2/c1-24-14-8-11(19)10-21-16(14)26(18(28)17(24)27)13-4-6-25(7-5-13)15-3-2-12(9-20)22-23-15/h2-3,8,10,13H,4-7H2,1H3. The Balaban J connectivity index is 1.66. The van der Waals surface area contributed by atoms with Crippen LogP contribution < -0.4 is 16.0 Å². The van der Waals surface area contributed by atoms with Crippen LogP contribution in [0.5, 0.6) is 0 Å². The summed E-state index contributed by atoms with van der Waals surface area (Å²) >= 11 is 6.02. The number of piperidine rings is 1. The Hall–Kier alpha value is -3.25. The van der Waals surface area contributed by atoms with Gasteiger partial charge in [-0.3, -0.25) is 14.2 Å². The first kappa shape index (κ1) is 18.1. The summed E-state index contributed by atoms with van der Waals surface area (Å²) in [4.78, 5) is 31.5. The van der Waals surface area contributed by atoms with Crippen LogP contribution in [0.1, 0.15) is 24.6 Å². The second-order valence-corrected chi connectivity index (χ2v) is 7.08. The van der Waals surface area contributed by atoms with Crippen molar-refractivity contribution in [3.05, 3.63) is 55.8 Å². The number of anilines is 1. The molecule has 0 unspecified atom stereocenters. The molecule has 0 amide bonds. The lowest BCUT2D eigenvalue weighted by molar-refractivity contribution is 0.390. The minimum atomic E-state index is -0.600. The quantitative estimate of drug-likeness (QED) is 0.598. The molecule has 0 atom stereocenters. The Morgan fingerprint density at radius 1 is 1.18 bits per heavy atom. The average Bonchev–Trinajstić information content (AvgIpc) is 2.73. The van der Waals surface area contributed by atoms with E-state index in [1.165, 1.54) is 15.3 Å². The Bertz CT molecular complexity index is 1200. The SMILES string of the molecule is Cn1c(=O)c(=O)n(C2CCN(c3ccc(C#N)nn3)CC2)c2ncc(Cl)cc21. The summed E-state index contributed by atoms with van der Waals surface area (Å²) in [6, 6.07) is 6.82. The number of nitriles is 1. The van der Waals surface area contributed by atoms with Gasteiger partial charge in [0.2, 0.25) is 0 Å². The molecule has 4 heterocycles. The summed E-state index contributed by atoms with van der Waals surface area (Å²) in [6.45, 7) is 1.28. The fourth-order valence-electron chi connectivity index (χ4n) is 3.55. The molecule has 0 aliphatic carbocycles. The molecule has 3 aromatic heterocycles. The number of hydrogen-bond acceptors (Lipinski definition) is 7. The maximum absolute atomic E-state index is 12.7. The van der Waals surface area contributed by atoms with Crippen molar-refractivity contribution in [3.8, 4) is 6.07 Å². The summed E-state index contributed by atoms with van der Waals surface area (Å²) in [5.41, 5.74) is 0.0607. The predicted octanol–water partition coefficient (Wildman–Crippen LogP) is 1.25. The number of aryl methyl sites for hydroxylation is 1. The molecule has 10 heteroatoms. The minimum absolute atomic E-state index is 0.153. The van der Waals surface area contributed by atoms with E-state index in [4.69, 9.17) is 16.9 Å². The first-order valence-electron chi connectivity index (χ1n) is 8.75. The highest BCUT2D eigenvalue weighted by atomic mass is 35.5. The zero-order valence-electron chi connectivity index (χ0n) is 15.0. The van der Waals surface area contributed by atoms with Gasteiger partial charge in [0, 0.05) is 32.4 Å². The number of pyridine rings is 1. The second-order valence-electron chi connectivity index (χ2n) is 6.64. The van der Waals surface area contributed by atoms with Gasteiger partial charge in [0.1, 0.15) is 6.07 Å². The molecule has 1 aliphatic heterocycles. The summed E-state index contributed by atoms with van der Waals surface area (Å²) < 4.78 is 2.78. The van der Waals surface area contributed by atoms with Crippen molar-refractivity contribution in [1.29, 1.82) is 5.26 Å². The van der Waals surface area contributed by atoms with Gasteiger partial charge in [0.25, 0.3) is 0 Å². The zero-order chi connectivity index (χ0) is 19.8. The fraction of sp³-hybridized carbons (Fsp3) is 0.333. The van der Waals surface area contributed by atoms with Crippen LogP contribution in [0.3, 0.4) is 0 Å². The Kier molecular flexibility index (Phi) is 4.57. The second kappa shape index (κ2) is 7.05. The Labute approximate surface area is 164 Å². The summed E-state index contributed by atoms with van der Waals surface area (Å²) in [6.07, 6.45) is 2.77. The lowest BCUT2D eigenvalue weighted by Crippen LogP contribution is -2.45. The molecule has 4 rings (SSSR count). The van der Waals surface area contributed by atoms with Gasteiger partial charge in [0.15, 0.2) is 17.2 Å². The number of aromatic nitrogens is 5. The third-order valence-corrected chi connectivity index (χ3v) is 5.24. The van der Waals surface area contributed by atoms with E-state index < -0.39 is 11.1 Å². The lowest BCUT2D eigenvalue weighted by Gasteiger charge is -2.33. The van der Waals surface area contributed by atoms with Gasteiger partial charge in [-0.2, -0.15) is 5.26 Å². The molecule has 1 aliphatic rings. The van der Waals surface area contributed by atoms with E-state index >= 15 is 0 Å². The van der Waals surface area contributed by atoms with Crippen LogP contribution in [-0.4, -0.2) is 37.4 Å². The molecule has 1 saturated heterocycles. The number of rotatable bonds is 2. The highest BCUT2D eigenvalue weighted by Crippen LogP contribution is 2.26. The third kappa shape index (κ3) is 3.01. The van der Waals surface area contributed by atoms with Crippen LogP contribution >= 0.6 is 11.6 Å². The van der Waals surface area contributed by atoms with Crippen LogP contribution in [0.4, 0.5) is 5.82 Å². The molecule has 0 aromatic carbocycles. The smallest absolute Gasteiger partial charge is 0.318 e. The fourth-order valence-corrected chi connectivity index (χ4v) is 3.70. The van der Waals surface area contributed by atoms with Crippen LogP contribution in [-0.2, 0) is 7.05 Å². The van der Waals surface area contributed by atoms with Crippen molar-refractivity contribution in [1.82, 2.24) is 24.3 Å². The number of nitrogens with zero attached hydrogens (tertiary/aromatic N) is 7. The molecule has 0 radical (unpaired) electrons. The van der Waals surface area contributed by atoms with Crippen molar-refractivity contribution in [2.24, 2.45) is 7.05 Å². The van der Waals surface area contributed by atoms with Crippen LogP contribution in [0.2, 0.25) is 5.02 Å². The molecular weight excluding hydrogens is 382 g/mol. The van der Waals surface area contributed by atoms with E-state index in [1.54, 1.807) is 25.2 Å². The zero-order valence-corrected chi connectivity index (χ0v) is 15.8. The molecule has 0 N–H and O–H groups in total. The maximum atomic E-state index is 12.7. The van der Waals surface area contributed by atoms with E-state index in [-0.39, 0.29) is 11.7 Å². The molecule has 3 aromatic rings. The van der Waals surface area contributed by atoms with Gasteiger partial charge in [-0.05, 0) is 31.0 Å². The van der Waals surface area contributed by atoms with E-state index in [1.807, 2.05) is 11.0 Å². The van der Waals surface area contributed by atoms with Gasteiger partial charge in [-0.1, -0.05) is 11.6 Å². The maximum Gasteiger partial charge on any atom is 0.318 e. The molecular formula is C18H16ClN7O2. The van der Waals surface area contributed by atoms with E-state index in [0.717, 1.165) is 0 Å². The molecule has 28 heavy (non-hydrogen) atoms. The largest absolute Gasteiger partial charge is 0.355 e. The number of fused-ring (bicyclic) bond motifs is 1. The number of halogens is 1. The van der Waals surface area contributed by atoms with Crippen molar-refractivity contribution in [2.75, 3.05) is 18.0 Å². The highest BCUT2D eigenvalue weighted by Gasteiger charge is 2.25. The molecule has 0 saturated carbocycles. The van der Waals surface area contributed by atoms with Gasteiger partial charge >= 0.3 is 11.1 Å². The van der Waals surface area contributed by atoms with Crippen molar-refractivity contribution in [2.45, 2.75) is 18.9 Å². The summed E-state index contributed by atoms with van der Waals surface area (Å²) in [5, 5.41) is 17.2. The van der Waals surface area contributed by atoms with Gasteiger partial charge in [0.05, 0.1) is 10.5 Å². The van der Waals surface area contributed by atoms with E-state index in [2.05, 4.69) is 15.2 Å². The molecule has 0 spiro atoms. The molecule has 9 nitrogen and oxygen atoms in total. The van der Waals surface area contributed by atoms with Crippen LogP contribution in [0.25, 0.3) is 11.2 Å². The van der Waals surface area contributed by atoms with Gasteiger partial charge < -0.3 is 9.47 Å². The van der Waals surface area contributed by atoms with Gasteiger partial charge in [-0.25, -0.2) is 4.98 Å². The highest BCUT2D eigenvalue weighted by molar-refractivity contribution is 6.31. The van der Waals surface area contributed by atoms with E-state index in [0.29, 0.717) is 47.9 Å². The molecule has 0 bridgehead atoms. The predicted molar refractivity (Wildman–Crippen MR) is 103 cm³/mol. The third-order valence-electron chi connectivity index (χ3n) is 5.03. The number of hydrogen-bond donors (Lipinski definition) is 0. The normalized spacial score (nSPS) is 15.0. The monoisotopic (exact) mass is 397 g/mol. The lowest BCUT2D eigenvalue weighted by atomic mass is 10.0. The van der Waals surface area contributed by atoms with Crippen molar-refractivity contribution >= 4 is 28.6 Å². The topological polar surface area (TPSA) is 110 Å². The van der Waals surface area contributed by atoms with Gasteiger partial charge in [-0.15, -0.1) is 10.2 Å². The summed E-state index contributed by atoms with van der Waals surface area (Å²) in [5.74, 6) is 0.684. The van der Waals surface area contributed by atoms with E-state index in [9.17, 15) is 9.59 Å². The summed E-state index contributed by atoms with van der Waals surface area (Å²) in [7, 11) is 1.54. The Morgan fingerprint density at radius 3 is 2.57 bits per heavy atom. The average molecular weight is 398 g/mol. The Morgan fingerprint density at radius 2 is 1.93 bits per heavy atom. The minimum Gasteiger partial charge on any atom is -0.355 e. The molecule has 142 valence electrons.